The normalized spacial score (nSPS) is 22.1. The number of nitrogens with zero attached hydrogens (tertiary/aromatic N) is 3. The van der Waals surface area contributed by atoms with Gasteiger partial charge in [0.25, 0.3) is 0 Å². The zero-order chi connectivity index (χ0) is 12.6. The van der Waals surface area contributed by atoms with Crippen molar-refractivity contribution in [2.24, 2.45) is 0 Å². The Bertz CT molecular complexity index is 417. The third kappa shape index (κ3) is 2.74. The van der Waals surface area contributed by atoms with Gasteiger partial charge in [0.2, 0.25) is 5.82 Å². The lowest BCUT2D eigenvalue weighted by molar-refractivity contribution is -0.145. The van der Waals surface area contributed by atoms with Gasteiger partial charge >= 0.3 is 6.18 Å². The maximum atomic E-state index is 12.6. The monoisotopic (exact) mass is 245 g/mol. The summed E-state index contributed by atoms with van der Waals surface area (Å²) in [6.45, 7) is 3.22. The van der Waals surface area contributed by atoms with Crippen molar-refractivity contribution < 1.29 is 13.2 Å². The maximum absolute atomic E-state index is 12.6. The topological polar surface area (TPSA) is 29.0 Å². The standard InChI is InChI=1S/C11H14F3N3/c1-7-5-9(8-3-4-17(2)6-8)16-10(15-7)11(12,13)14/h5,8H,3-4,6H2,1-2H3. The van der Waals surface area contributed by atoms with Crippen LogP contribution in [0.3, 0.4) is 0 Å². The molecule has 6 heteroatoms. The second-order valence-electron chi connectivity index (χ2n) is 4.50. The minimum absolute atomic E-state index is 0.0859. The first kappa shape index (κ1) is 12.3. The van der Waals surface area contributed by atoms with E-state index in [-0.39, 0.29) is 5.92 Å². The molecule has 1 aromatic rings. The van der Waals surface area contributed by atoms with Gasteiger partial charge in [0.1, 0.15) is 0 Å². The van der Waals surface area contributed by atoms with Crippen molar-refractivity contribution in [1.82, 2.24) is 14.9 Å². The van der Waals surface area contributed by atoms with Crippen molar-refractivity contribution in [2.75, 3.05) is 20.1 Å². The summed E-state index contributed by atoms with van der Waals surface area (Å²) in [6.07, 6.45) is -3.62. The van der Waals surface area contributed by atoms with Crippen molar-refractivity contribution in [3.8, 4) is 0 Å². The van der Waals surface area contributed by atoms with E-state index in [2.05, 4.69) is 14.9 Å². The lowest BCUT2D eigenvalue weighted by Gasteiger charge is -2.13. The van der Waals surface area contributed by atoms with Crippen molar-refractivity contribution in [3.63, 3.8) is 0 Å². The molecule has 0 aliphatic carbocycles. The van der Waals surface area contributed by atoms with Crippen molar-refractivity contribution in [1.29, 1.82) is 0 Å². The van der Waals surface area contributed by atoms with E-state index in [1.54, 1.807) is 13.0 Å². The Morgan fingerprint density at radius 1 is 1.35 bits per heavy atom. The van der Waals surface area contributed by atoms with Crippen LogP contribution >= 0.6 is 0 Å². The van der Waals surface area contributed by atoms with Crippen molar-refractivity contribution >= 4 is 0 Å². The van der Waals surface area contributed by atoms with E-state index in [1.807, 2.05) is 7.05 Å². The highest BCUT2D eigenvalue weighted by molar-refractivity contribution is 5.17. The summed E-state index contributed by atoms with van der Waals surface area (Å²) in [4.78, 5) is 9.20. The van der Waals surface area contributed by atoms with Crippen LogP contribution in [0.5, 0.6) is 0 Å². The van der Waals surface area contributed by atoms with Crippen LogP contribution in [0.15, 0.2) is 6.07 Å². The minimum atomic E-state index is -4.47. The number of likely N-dealkylation sites (tertiary alicyclic amines) is 1. The van der Waals surface area contributed by atoms with Crippen molar-refractivity contribution in [3.05, 3.63) is 23.3 Å². The Balaban J connectivity index is 2.32. The van der Waals surface area contributed by atoms with Gasteiger partial charge in [0, 0.05) is 23.9 Å². The van der Waals surface area contributed by atoms with Gasteiger partial charge in [-0.05, 0) is 33.0 Å². The molecule has 0 spiro atoms. The fraction of sp³-hybridized carbons (Fsp3) is 0.636. The first-order chi connectivity index (χ1) is 7.86. The van der Waals surface area contributed by atoms with Crippen LogP contribution in [0.2, 0.25) is 0 Å². The van der Waals surface area contributed by atoms with E-state index >= 15 is 0 Å². The fourth-order valence-electron chi connectivity index (χ4n) is 2.11. The summed E-state index contributed by atoms with van der Waals surface area (Å²) in [7, 11) is 1.96. The lowest BCUT2D eigenvalue weighted by atomic mass is 10.0. The SMILES string of the molecule is Cc1cc(C2CCN(C)C2)nc(C(F)(F)F)n1. The van der Waals surface area contributed by atoms with Gasteiger partial charge in [-0.2, -0.15) is 13.2 Å². The molecule has 1 aliphatic heterocycles. The molecule has 17 heavy (non-hydrogen) atoms. The Kier molecular flexibility index (Phi) is 3.07. The van der Waals surface area contributed by atoms with Crippen LogP contribution in [-0.4, -0.2) is 35.0 Å². The molecule has 0 amide bonds. The molecule has 3 nitrogen and oxygen atoms in total. The average molecular weight is 245 g/mol. The molecule has 1 fully saturated rings. The Labute approximate surface area is 97.7 Å². The second kappa shape index (κ2) is 4.25. The third-order valence-corrected chi connectivity index (χ3v) is 2.94. The Morgan fingerprint density at radius 2 is 2.06 bits per heavy atom. The van der Waals surface area contributed by atoms with Crippen LogP contribution in [0, 0.1) is 6.92 Å². The number of halogens is 3. The summed E-state index contributed by atoms with van der Waals surface area (Å²) in [5, 5.41) is 0. The molecular formula is C11H14F3N3. The van der Waals surface area contributed by atoms with Crippen LogP contribution in [0.25, 0.3) is 0 Å². The molecule has 0 radical (unpaired) electrons. The summed E-state index contributed by atoms with van der Waals surface area (Å²) in [5.41, 5.74) is 0.881. The van der Waals surface area contributed by atoms with E-state index in [0.717, 1.165) is 19.5 Å². The molecule has 1 saturated heterocycles. The molecule has 0 aromatic carbocycles. The van der Waals surface area contributed by atoms with Crippen LogP contribution < -0.4 is 0 Å². The lowest BCUT2D eigenvalue weighted by Crippen LogP contribution is -2.17. The van der Waals surface area contributed by atoms with E-state index in [1.165, 1.54) is 0 Å². The smallest absolute Gasteiger partial charge is 0.306 e. The zero-order valence-electron chi connectivity index (χ0n) is 9.75. The molecule has 0 saturated carbocycles. The van der Waals surface area contributed by atoms with E-state index in [4.69, 9.17) is 0 Å². The van der Waals surface area contributed by atoms with Gasteiger partial charge in [0.05, 0.1) is 0 Å². The van der Waals surface area contributed by atoms with Crippen LogP contribution in [0.1, 0.15) is 29.6 Å². The number of aryl methyl sites for hydroxylation is 1. The van der Waals surface area contributed by atoms with Crippen molar-refractivity contribution in [2.45, 2.75) is 25.4 Å². The predicted octanol–water partition coefficient (Wildman–Crippen LogP) is 2.22. The largest absolute Gasteiger partial charge is 0.451 e. The molecule has 2 rings (SSSR count). The van der Waals surface area contributed by atoms with Gasteiger partial charge in [0.15, 0.2) is 0 Å². The molecule has 0 bridgehead atoms. The highest BCUT2D eigenvalue weighted by atomic mass is 19.4. The molecule has 2 heterocycles. The number of alkyl halides is 3. The Morgan fingerprint density at radius 3 is 2.59 bits per heavy atom. The maximum Gasteiger partial charge on any atom is 0.451 e. The molecule has 94 valence electrons. The van der Waals surface area contributed by atoms with E-state index in [0.29, 0.717) is 11.4 Å². The van der Waals surface area contributed by atoms with Gasteiger partial charge < -0.3 is 4.90 Å². The molecular weight excluding hydrogens is 231 g/mol. The average Bonchev–Trinajstić information content (AvgIpc) is 2.62. The number of aromatic nitrogens is 2. The molecule has 0 N–H and O–H groups in total. The summed E-state index contributed by atoms with van der Waals surface area (Å²) >= 11 is 0. The molecule has 1 atom stereocenters. The first-order valence-corrected chi connectivity index (χ1v) is 5.47. The predicted molar refractivity (Wildman–Crippen MR) is 56.6 cm³/mol. The third-order valence-electron chi connectivity index (χ3n) is 2.94. The number of hydrogen-bond acceptors (Lipinski definition) is 3. The Hall–Kier alpha value is -1.17. The van der Waals surface area contributed by atoms with Gasteiger partial charge in [-0.1, -0.05) is 0 Å². The minimum Gasteiger partial charge on any atom is -0.306 e. The van der Waals surface area contributed by atoms with E-state index < -0.39 is 12.0 Å². The highest BCUT2D eigenvalue weighted by Crippen LogP contribution is 2.30. The van der Waals surface area contributed by atoms with Crippen LogP contribution in [0.4, 0.5) is 13.2 Å². The van der Waals surface area contributed by atoms with Gasteiger partial charge in [-0.3, -0.25) is 0 Å². The molecule has 1 aromatic heterocycles. The number of rotatable bonds is 1. The summed E-state index contributed by atoms with van der Waals surface area (Å²) < 4.78 is 37.7. The summed E-state index contributed by atoms with van der Waals surface area (Å²) in [5.74, 6) is -0.940. The summed E-state index contributed by atoms with van der Waals surface area (Å²) in [6, 6.07) is 1.65. The molecule has 1 unspecified atom stereocenters. The van der Waals surface area contributed by atoms with Gasteiger partial charge in [-0.15, -0.1) is 0 Å². The van der Waals surface area contributed by atoms with Gasteiger partial charge in [-0.25, -0.2) is 9.97 Å². The molecule has 1 aliphatic rings. The zero-order valence-corrected chi connectivity index (χ0v) is 9.75. The first-order valence-electron chi connectivity index (χ1n) is 5.47. The quantitative estimate of drug-likeness (QED) is 0.759. The fourth-order valence-corrected chi connectivity index (χ4v) is 2.11. The number of likely N-dealkylation sites (N-methyl/N-ethyl adjacent to an activating group) is 1. The number of hydrogen-bond donors (Lipinski definition) is 0. The highest BCUT2D eigenvalue weighted by Gasteiger charge is 2.36. The van der Waals surface area contributed by atoms with E-state index in [9.17, 15) is 13.2 Å². The second-order valence-corrected chi connectivity index (χ2v) is 4.50. The van der Waals surface area contributed by atoms with Crippen LogP contribution in [-0.2, 0) is 6.18 Å².